The second-order valence-electron chi connectivity index (χ2n) is 6.34. The van der Waals surface area contributed by atoms with Crippen molar-refractivity contribution in [1.29, 1.82) is 0 Å². The Kier molecular flexibility index (Phi) is 5.44. The minimum atomic E-state index is -0.878. The van der Waals surface area contributed by atoms with Gasteiger partial charge in [-0.25, -0.2) is 4.39 Å². The summed E-state index contributed by atoms with van der Waals surface area (Å²) in [5.74, 6) is 0.487. The van der Waals surface area contributed by atoms with Crippen molar-refractivity contribution in [1.82, 2.24) is 15.2 Å². The van der Waals surface area contributed by atoms with Crippen LogP contribution in [0.25, 0.3) is 11.3 Å². The van der Waals surface area contributed by atoms with Gasteiger partial charge in [-0.3, -0.25) is 9.69 Å². The predicted molar refractivity (Wildman–Crippen MR) is 109 cm³/mol. The van der Waals surface area contributed by atoms with Crippen molar-refractivity contribution in [2.45, 2.75) is 31.7 Å². The predicted octanol–water partition coefficient (Wildman–Crippen LogP) is 4.62. The molecule has 0 saturated heterocycles. The molecule has 0 fully saturated rings. The first-order chi connectivity index (χ1) is 14.1. The van der Waals surface area contributed by atoms with Crippen molar-refractivity contribution < 1.29 is 13.9 Å². The number of hydrogen-bond donors (Lipinski definition) is 0. The highest BCUT2D eigenvalue weighted by Gasteiger charge is 2.35. The number of ether oxygens (including phenoxy) is 1. The number of fused-ring (bicyclic) bond motifs is 3. The van der Waals surface area contributed by atoms with E-state index in [9.17, 15) is 9.18 Å². The van der Waals surface area contributed by atoms with E-state index >= 15 is 0 Å². The van der Waals surface area contributed by atoms with Crippen LogP contribution in [0.15, 0.2) is 53.7 Å². The average Bonchev–Trinajstić information content (AvgIpc) is 2.88. The number of thioether (sulfide) groups is 1. The van der Waals surface area contributed by atoms with Gasteiger partial charge in [-0.05, 0) is 24.0 Å². The van der Waals surface area contributed by atoms with Crippen LogP contribution in [-0.4, -0.2) is 26.8 Å². The molecule has 0 radical (unpaired) electrons. The molecule has 0 bridgehead atoms. The number of aromatic nitrogens is 3. The summed E-state index contributed by atoms with van der Waals surface area (Å²) in [6, 6.07) is 13.4. The Labute approximate surface area is 172 Å². The second kappa shape index (κ2) is 8.16. The van der Waals surface area contributed by atoms with Gasteiger partial charge in [0.05, 0.1) is 5.69 Å². The van der Waals surface area contributed by atoms with Crippen molar-refractivity contribution >= 4 is 23.4 Å². The molecule has 2 heterocycles. The zero-order chi connectivity index (χ0) is 20.4. The van der Waals surface area contributed by atoms with E-state index in [-0.39, 0.29) is 18.2 Å². The van der Waals surface area contributed by atoms with Crippen LogP contribution in [-0.2, 0) is 4.79 Å². The molecule has 29 heavy (non-hydrogen) atoms. The molecule has 0 spiro atoms. The first-order valence-electron chi connectivity index (χ1n) is 9.33. The molecule has 1 aliphatic rings. The van der Waals surface area contributed by atoms with Crippen LogP contribution >= 0.6 is 11.8 Å². The molecule has 0 saturated carbocycles. The normalized spacial score (nSPS) is 15.1. The molecule has 1 atom stereocenters. The van der Waals surface area contributed by atoms with Crippen LogP contribution in [0.3, 0.4) is 0 Å². The van der Waals surface area contributed by atoms with Crippen molar-refractivity contribution in [2.24, 2.45) is 0 Å². The highest BCUT2D eigenvalue weighted by Crippen LogP contribution is 2.43. The van der Waals surface area contributed by atoms with E-state index in [1.54, 1.807) is 24.0 Å². The van der Waals surface area contributed by atoms with Crippen molar-refractivity contribution in [3.63, 3.8) is 0 Å². The summed E-state index contributed by atoms with van der Waals surface area (Å²) in [6.45, 7) is 3.77. The van der Waals surface area contributed by atoms with Crippen LogP contribution in [0.1, 0.15) is 32.1 Å². The van der Waals surface area contributed by atoms with Crippen molar-refractivity contribution in [2.75, 3.05) is 10.7 Å². The monoisotopic (exact) mass is 410 g/mol. The van der Waals surface area contributed by atoms with E-state index < -0.39 is 12.0 Å². The van der Waals surface area contributed by atoms with Gasteiger partial charge in [-0.1, -0.05) is 55.9 Å². The number of carbonyl (C=O) groups excluding carboxylic acids is 1. The van der Waals surface area contributed by atoms with Gasteiger partial charge in [-0.2, -0.15) is 4.98 Å². The number of carbonyl (C=O) groups is 1. The number of hydrogen-bond acceptors (Lipinski definition) is 6. The van der Waals surface area contributed by atoms with Gasteiger partial charge in [0.15, 0.2) is 5.69 Å². The molecule has 2 aromatic carbocycles. The topological polar surface area (TPSA) is 68.2 Å². The number of nitrogens with zero attached hydrogens (tertiary/aromatic N) is 4. The van der Waals surface area contributed by atoms with Crippen molar-refractivity contribution in [3.8, 4) is 17.1 Å². The van der Waals surface area contributed by atoms with Gasteiger partial charge >= 0.3 is 0 Å². The van der Waals surface area contributed by atoms with Crippen LogP contribution in [0.4, 0.5) is 10.1 Å². The summed E-state index contributed by atoms with van der Waals surface area (Å²) >= 11 is 1.44. The Bertz CT molecular complexity index is 1060. The molecule has 8 heteroatoms. The summed E-state index contributed by atoms with van der Waals surface area (Å²) in [4.78, 5) is 19.0. The summed E-state index contributed by atoms with van der Waals surface area (Å²) in [5, 5.41) is 9.00. The largest absolute Gasteiger partial charge is 0.447 e. The van der Waals surface area contributed by atoms with Crippen LogP contribution in [0.5, 0.6) is 5.88 Å². The lowest BCUT2D eigenvalue weighted by atomic mass is 10.1. The van der Waals surface area contributed by atoms with Crippen LogP contribution in [0.2, 0.25) is 0 Å². The van der Waals surface area contributed by atoms with E-state index in [4.69, 9.17) is 4.74 Å². The van der Waals surface area contributed by atoms with Crippen LogP contribution in [0, 0.1) is 5.82 Å². The molecule has 3 aromatic rings. The molecular formula is C21H19FN4O2S. The standard InChI is InChI=1S/C21H19FN4O2S/c1-3-17(27)26-16-11-6-5-10-15(16)18-19(23-21(25-24-18)29-4-2)28-20(26)13-8-7-9-14(22)12-13/h5-12,20H,3-4H2,1-2H3/t20-/m1/s1. The highest BCUT2D eigenvalue weighted by atomic mass is 32.2. The highest BCUT2D eigenvalue weighted by molar-refractivity contribution is 7.99. The van der Waals surface area contributed by atoms with E-state index in [0.29, 0.717) is 27.7 Å². The molecule has 1 aromatic heterocycles. The molecular weight excluding hydrogens is 391 g/mol. The van der Waals surface area contributed by atoms with Crippen LogP contribution < -0.4 is 9.64 Å². The van der Waals surface area contributed by atoms with Gasteiger partial charge in [-0.15, -0.1) is 10.2 Å². The third-order valence-electron chi connectivity index (χ3n) is 4.49. The molecule has 4 rings (SSSR count). The quantitative estimate of drug-likeness (QED) is 0.585. The minimum absolute atomic E-state index is 0.157. The molecule has 1 amide bonds. The fraction of sp³-hybridized carbons (Fsp3) is 0.238. The van der Waals surface area contributed by atoms with E-state index in [2.05, 4.69) is 15.2 Å². The first kappa shape index (κ1) is 19.3. The van der Waals surface area contributed by atoms with E-state index in [1.165, 1.54) is 23.9 Å². The van der Waals surface area contributed by atoms with Gasteiger partial charge in [0.2, 0.25) is 23.2 Å². The Hall–Kier alpha value is -3.00. The molecule has 1 aliphatic heterocycles. The summed E-state index contributed by atoms with van der Waals surface area (Å²) < 4.78 is 20.2. The van der Waals surface area contributed by atoms with Gasteiger partial charge in [0.25, 0.3) is 0 Å². The number of halogens is 1. The molecule has 6 nitrogen and oxygen atoms in total. The summed E-state index contributed by atoms with van der Waals surface area (Å²) in [7, 11) is 0. The molecule has 148 valence electrons. The van der Waals surface area contributed by atoms with Gasteiger partial charge in [0, 0.05) is 17.5 Å². The molecule has 0 aliphatic carbocycles. The number of rotatable bonds is 4. The maximum Gasteiger partial charge on any atom is 0.247 e. The Morgan fingerprint density at radius 1 is 1.17 bits per heavy atom. The number of anilines is 1. The lowest BCUT2D eigenvalue weighted by Gasteiger charge is -2.30. The Morgan fingerprint density at radius 2 is 2.00 bits per heavy atom. The minimum Gasteiger partial charge on any atom is -0.447 e. The summed E-state index contributed by atoms with van der Waals surface area (Å²) in [6.07, 6.45) is -0.618. The Morgan fingerprint density at radius 3 is 2.76 bits per heavy atom. The fourth-order valence-electron chi connectivity index (χ4n) is 3.22. The number of benzene rings is 2. The maximum absolute atomic E-state index is 14.0. The third kappa shape index (κ3) is 3.67. The zero-order valence-corrected chi connectivity index (χ0v) is 16.8. The lowest BCUT2D eigenvalue weighted by Crippen LogP contribution is -2.37. The zero-order valence-electron chi connectivity index (χ0n) is 16.0. The van der Waals surface area contributed by atoms with E-state index in [0.717, 1.165) is 5.75 Å². The Balaban J connectivity index is 1.95. The fourth-order valence-corrected chi connectivity index (χ4v) is 3.72. The van der Waals surface area contributed by atoms with Gasteiger partial charge < -0.3 is 4.74 Å². The lowest BCUT2D eigenvalue weighted by molar-refractivity contribution is -0.120. The summed E-state index contributed by atoms with van der Waals surface area (Å²) in [5.41, 5.74) is 2.28. The average molecular weight is 410 g/mol. The number of para-hydroxylation sites is 1. The smallest absolute Gasteiger partial charge is 0.247 e. The molecule has 0 N–H and O–H groups in total. The SMILES string of the molecule is CCSc1nnc2c(n1)O[C@H](c1cccc(F)c1)N(C(=O)CC)c1ccccc1-2. The second-order valence-corrected chi connectivity index (χ2v) is 7.57. The first-order valence-corrected chi connectivity index (χ1v) is 10.3. The third-order valence-corrected chi connectivity index (χ3v) is 5.21. The van der Waals surface area contributed by atoms with Gasteiger partial charge in [0.1, 0.15) is 5.82 Å². The number of amides is 1. The molecule has 0 unspecified atom stereocenters. The van der Waals surface area contributed by atoms with E-state index in [1.807, 2.05) is 31.2 Å². The maximum atomic E-state index is 14.0. The van der Waals surface area contributed by atoms with Crippen molar-refractivity contribution in [3.05, 3.63) is 59.9 Å².